The molecule has 0 amide bonds. The van der Waals surface area contributed by atoms with Crippen molar-refractivity contribution in [3.8, 4) is 5.75 Å². The predicted octanol–water partition coefficient (Wildman–Crippen LogP) is 2.26. The van der Waals surface area contributed by atoms with E-state index in [2.05, 4.69) is 30.0 Å². The molecule has 0 atom stereocenters. The van der Waals surface area contributed by atoms with Gasteiger partial charge in [0.2, 0.25) is 0 Å². The fourth-order valence-corrected chi connectivity index (χ4v) is 2.54. The summed E-state index contributed by atoms with van der Waals surface area (Å²) in [6.45, 7) is 6.19. The van der Waals surface area contributed by atoms with Crippen molar-refractivity contribution in [2.24, 2.45) is 0 Å². The maximum absolute atomic E-state index is 9.10. The van der Waals surface area contributed by atoms with Gasteiger partial charge in [-0.15, -0.1) is 0 Å². The lowest BCUT2D eigenvalue weighted by Gasteiger charge is -2.21. The Hall–Kier alpha value is -1.06. The van der Waals surface area contributed by atoms with Crippen LogP contribution < -0.4 is 4.74 Å². The number of hydrogen-bond donors (Lipinski definition) is 1. The van der Waals surface area contributed by atoms with Gasteiger partial charge in [-0.2, -0.15) is 0 Å². The van der Waals surface area contributed by atoms with Crippen LogP contribution in [0.1, 0.15) is 30.9 Å². The summed E-state index contributed by atoms with van der Waals surface area (Å²) in [7, 11) is 0. The first-order valence-corrected chi connectivity index (χ1v) is 7.41. The number of nitrogens with zero attached hydrogens (tertiary/aromatic N) is 1. The molecule has 106 valence electrons. The van der Waals surface area contributed by atoms with Gasteiger partial charge in [0.15, 0.2) is 0 Å². The van der Waals surface area contributed by atoms with Gasteiger partial charge in [-0.3, -0.25) is 0 Å². The van der Waals surface area contributed by atoms with E-state index in [1.165, 1.54) is 24.0 Å². The Balaban J connectivity index is 1.85. The van der Waals surface area contributed by atoms with Gasteiger partial charge >= 0.3 is 0 Å². The molecule has 1 N–H and O–H groups in total. The Morgan fingerprint density at radius 2 is 2.16 bits per heavy atom. The smallest absolute Gasteiger partial charge is 0.122 e. The fraction of sp³-hybridized carbons (Fsp3) is 0.625. The molecule has 3 nitrogen and oxygen atoms in total. The summed E-state index contributed by atoms with van der Waals surface area (Å²) in [6.07, 6.45) is 4.51. The lowest BCUT2D eigenvalue weighted by Crippen LogP contribution is -2.30. The van der Waals surface area contributed by atoms with Gasteiger partial charge < -0.3 is 14.7 Å². The van der Waals surface area contributed by atoms with E-state index >= 15 is 0 Å². The highest BCUT2D eigenvalue weighted by molar-refractivity contribution is 5.39. The quantitative estimate of drug-likeness (QED) is 0.781. The van der Waals surface area contributed by atoms with E-state index in [-0.39, 0.29) is 6.61 Å². The van der Waals surface area contributed by atoms with Crippen molar-refractivity contribution in [1.82, 2.24) is 4.90 Å². The van der Waals surface area contributed by atoms with Crippen LogP contribution in [-0.2, 0) is 12.8 Å². The second kappa shape index (κ2) is 7.51. The van der Waals surface area contributed by atoms with E-state index in [0.29, 0.717) is 0 Å². The molecule has 0 saturated carbocycles. The Morgan fingerprint density at radius 1 is 1.26 bits per heavy atom. The van der Waals surface area contributed by atoms with Crippen molar-refractivity contribution < 1.29 is 9.84 Å². The van der Waals surface area contributed by atoms with Crippen molar-refractivity contribution in [1.29, 1.82) is 0 Å². The van der Waals surface area contributed by atoms with Gasteiger partial charge in [0.05, 0.1) is 13.2 Å². The highest BCUT2D eigenvalue weighted by Crippen LogP contribution is 2.26. The third-order valence-electron chi connectivity index (χ3n) is 3.71. The first kappa shape index (κ1) is 14.4. The van der Waals surface area contributed by atoms with Crippen molar-refractivity contribution in [3.63, 3.8) is 0 Å². The molecule has 3 heteroatoms. The van der Waals surface area contributed by atoms with E-state index < -0.39 is 0 Å². The zero-order chi connectivity index (χ0) is 13.5. The van der Waals surface area contributed by atoms with Crippen LogP contribution in [0, 0.1) is 0 Å². The Bertz CT molecular complexity index is 392. The Labute approximate surface area is 116 Å². The molecule has 0 spiro atoms. The van der Waals surface area contributed by atoms with Crippen LogP contribution in [0.25, 0.3) is 0 Å². The second-order valence-corrected chi connectivity index (χ2v) is 5.21. The monoisotopic (exact) mass is 263 g/mol. The molecular formula is C16H25NO2. The molecule has 1 aliphatic heterocycles. The average Bonchev–Trinajstić information content (AvgIpc) is 2.89. The Morgan fingerprint density at radius 3 is 2.95 bits per heavy atom. The summed E-state index contributed by atoms with van der Waals surface area (Å²) in [5, 5.41) is 9.10. The van der Waals surface area contributed by atoms with E-state index in [1.54, 1.807) is 0 Å². The molecule has 2 rings (SSSR count). The highest BCUT2D eigenvalue weighted by Gasteiger charge is 2.12. The standard InChI is InChI=1S/C16H25NO2/c1-2-3-8-17(10-11-18)9-6-14-4-5-16-15(13-14)7-12-19-16/h4-5,13,18H,2-3,6-12H2,1H3. The number of fused-ring (bicyclic) bond motifs is 1. The van der Waals surface area contributed by atoms with Crippen LogP contribution in [-0.4, -0.2) is 42.9 Å². The molecule has 19 heavy (non-hydrogen) atoms. The van der Waals surface area contributed by atoms with Gasteiger partial charge in [0.25, 0.3) is 0 Å². The summed E-state index contributed by atoms with van der Waals surface area (Å²) in [6, 6.07) is 6.54. The largest absolute Gasteiger partial charge is 0.493 e. The molecule has 0 bridgehead atoms. The zero-order valence-corrected chi connectivity index (χ0v) is 11.9. The fourth-order valence-electron chi connectivity index (χ4n) is 2.54. The molecule has 0 saturated heterocycles. The first-order valence-electron chi connectivity index (χ1n) is 7.41. The third kappa shape index (κ3) is 4.22. The summed E-state index contributed by atoms with van der Waals surface area (Å²) < 4.78 is 5.53. The number of aliphatic hydroxyl groups is 1. The second-order valence-electron chi connectivity index (χ2n) is 5.21. The van der Waals surface area contributed by atoms with Crippen LogP contribution in [0.2, 0.25) is 0 Å². The predicted molar refractivity (Wildman–Crippen MR) is 77.8 cm³/mol. The summed E-state index contributed by atoms with van der Waals surface area (Å²) in [5.41, 5.74) is 2.73. The maximum atomic E-state index is 9.10. The van der Waals surface area contributed by atoms with Crippen LogP contribution >= 0.6 is 0 Å². The van der Waals surface area contributed by atoms with Gasteiger partial charge in [0, 0.05) is 19.5 Å². The molecule has 0 fully saturated rings. The number of rotatable bonds is 8. The van der Waals surface area contributed by atoms with E-state index in [0.717, 1.165) is 44.8 Å². The topological polar surface area (TPSA) is 32.7 Å². The van der Waals surface area contributed by atoms with Gasteiger partial charge in [0.1, 0.15) is 5.75 Å². The third-order valence-corrected chi connectivity index (χ3v) is 3.71. The van der Waals surface area contributed by atoms with Crippen molar-refractivity contribution >= 4 is 0 Å². The molecule has 0 unspecified atom stereocenters. The van der Waals surface area contributed by atoms with Gasteiger partial charge in [-0.25, -0.2) is 0 Å². The van der Waals surface area contributed by atoms with Crippen molar-refractivity contribution in [2.45, 2.75) is 32.6 Å². The van der Waals surface area contributed by atoms with Gasteiger partial charge in [-0.05, 0) is 36.6 Å². The van der Waals surface area contributed by atoms with E-state index in [4.69, 9.17) is 9.84 Å². The highest BCUT2D eigenvalue weighted by atomic mass is 16.5. The average molecular weight is 263 g/mol. The molecule has 1 heterocycles. The number of aliphatic hydroxyl groups excluding tert-OH is 1. The lowest BCUT2D eigenvalue weighted by molar-refractivity contribution is 0.195. The number of unbranched alkanes of at least 4 members (excludes halogenated alkanes) is 1. The minimum atomic E-state index is 0.252. The first-order chi connectivity index (χ1) is 9.33. The van der Waals surface area contributed by atoms with E-state index in [1.807, 2.05) is 0 Å². The molecule has 1 aromatic rings. The van der Waals surface area contributed by atoms with Crippen LogP contribution in [0.3, 0.4) is 0 Å². The van der Waals surface area contributed by atoms with E-state index in [9.17, 15) is 0 Å². The van der Waals surface area contributed by atoms with Crippen molar-refractivity contribution in [2.75, 3.05) is 32.8 Å². The minimum absolute atomic E-state index is 0.252. The normalized spacial score (nSPS) is 13.6. The summed E-state index contributed by atoms with van der Waals surface area (Å²) >= 11 is 0. The molecule has 1 aliphatic rings. The molecular weight excluding hydrogens is 238 g/mol. The minimum Gasteiger partial charge on any atom is -0.493 e. The summed E-state index contributed by atoms with van der Waals surface area (Å²) in [5.74, 6) is 1.06. The number of hydrogen-bond acceptors (Lipinski definition) is 3. The zero-order valence-electron chi connectivity index (χ0n) is 11.9. The van der Waals surface area contributed by atoms with Crippen LogP contribution in [0.4, 0.5) is 0 Å². The molecule has 1 aromatic carbocycles. The van der Waals surface area contributed by atoms with Crippen LogP contribution in [0.5, 0.6) is 5.75 Å². The van der Waals surface area contributed by atoms with Crippen LogP contribution in [0.15, 0.2) is 18.2 Å². The summed E-state index contributed by atoms with van der Waals surface area (Å²) in [4.78, 5) is 2.35. The van der Waals surface area contributed by atoms with Crippen molar-refractivity contribution in [3.05, 3.63) is 29.3 Å². The Kier molecular flexibility index (Phi) is 5.67. The molecule has 0 radical (unpaired) electrons. The molecule has 0 aromatic heterocycles. The lowest BCUT2D eigenvalue weighted by atomic mass is 10.1. The van der Waals surface area contributed by atoms with Gasteiger partial charge in [-0.1, -0.05) is 25.5 Å². The number of ether oxygens (including phenoxy) is 1. The SMILES string of the molecule is CCCCN(CCO)CCc1ccc2c(c1)CCO2. The maximum Gasteiger partial charge on any atom is 0.122 e. The number of benzene rings is 1. The molecule has 0 aliphatic carbocycles.